The number of halogens is 1. The first-order valence-corrected chi connectivity index (χ1v) is 9.02. The molecule has 3 unspecified atom stereocenters. The number of ether oxygens (including phenoxy) is 2. The molecule has 1 N–H and O–H groups in total. The highest BCUT2D eigenvalue weighted by molar-refractivity contribution is 14.0. The molecule has 0 spiro atoms. The maximum atomic E-state index is 5.56. The maximum absolute atomic E-state index is 5.56. The Morgan fingerprint density at radius 1 is 1.42 bits per heavy atom. The quantitative estimate of drug-likeness (QED) is 0.376. The molecule has 0 aromatic rings. The highest BCUT2D eigenvalue weighted by Gasteiger charge is 2.27. The van der Waals surface area contributed by atoms with Gasteiger partial charge in [0.25, 0.3) is 0 Å². The molecule has 2 aliphatic heterocycles. The second kappa shape index (κ2) is 11.5. The normalized spacial score (nSPS) is 27.0. The van der Waals surface area contributed by atoms with E-state index >= 15 is 0 Å². The van der Waals surface area contributed by atoms with E-state index in [1.54, 1.807) is 0 Å². The summed E-state index contributed by atoms with van der Waals surface area (Å²) < 4.78 is 11.1. The fraction of sp³-hybridized carbons (Fsp3) is 0.941. The van der Waals surface area contributed by atoms with Gasteiger partial charge in [0.05, 0.1) is 19.8 Å². The SMILES string of the molecule is CCOCC1CCN(C(=NC)NCC(C)N2CCOCC2C)C1.I. The molecule has 2 saturated heterocycles. The molecular weight excluding hydrogens is 419 g/mol. The van der Waals surface area contributed by atoms with Crippen LogP contribution >= 0.6 is 24.0 Å². The lowest BCUT2D eigenvalue weighted by Crippen LogP contribution is -2.53. The molecule has 0 amide bonds. The van der Waals surface area contributed by atoms with Crippen LogP contribution in [0.4, 0.5) is 0 Å². The predicted molar refractivity (Wildman–Crippen MR) is 109 cm³/mol. The van der Waals surface area contributed by atoms with Crippen LogP contribution in [0, 0.1) is 5.92 Å². The summed E-state index contributed by atoms with van der Waals surface area (Å²) in [4.78, 5) is 9.35. The minimum Gasteiger partial charge on any atom is -0.381 e. The number of nitrogens with zero attached hydrogens (tertiary/aromatic N) is 3. The lowest BCUT2D eigenvalue weighted by molar-refractivity contribution is -0.0175. The van der Waals surface area contributed by atoms with Crippen molar-refractivity contribution in [3.63, 3.8) is 0 Å². The van der Waals surface area contributed by atoms with Gasteiger partial charge in [0.1, 0.15) is 0 Å². The van der Waals surface area contributed by atoms with Crippen LogP contribution < -0.4 is 5.32 Å². The number of hydrogen-bond donors (Lipinski definition) is 1. The number of rotatable bonds is 6. The molecule has 142 valence electrons. The Hall–Kier alpha value is -0.120. The molecule has 24 heavy (non-hydrogen) atoms. The van der Waals surface area contributed by atoms with E-state index < -0.39 is 0 Å². The number of hydrogen-bond acceptors (Lipinski definition) is 4. The average molecular weight is 454 g/mol. The zero-order valence-electron chi connectivity index (χ0n) is 15.7. The Morgan fingerprint density at radius 3 is 2.88 bits per heavy atom. The van der Waals surface area contributed by atoms with Gasteiger partial charge < -0.3 is 19.7 Å². The topological polar surface area (TPSA) is 49.3 Å². The standard InChI is InChI=1S/C17H34N4O2.HI/c1-5-22-13-16-6-7-20(11-16)17(18-4)19-10-14(2)21-8-9-23-12-15(21)3;/h14-16H,5-13H2,1-4H3,(H,18,19);1H. The molecule has 0 aliphatic carbocycles. The summed E-state index contributed by atoms with van der Waals surface area (Å²) in [5, 5.41) is 3.56. The largest absolute Gasteiger partial charge is 0.381 e. The van der Waals surface area contributed by atoms with Gasteiger partial charge in [0, 0.05) is 57.8 Å². The first kappa shape index (κ1) is 21.9. The Kier molecular flexibility index (Phi) is 10.5. The van der Waals surface area contributed by atoms with E-state index in [1.807, 2.05) is 7.05 Å². The van der Waals surface area contributed by atoms with E-state index in [0.717, 1.165) is 58.6 Å². The van der Waals surface area contributed by atoms with Crippen molar-refractivity contribution in [2.45, 2.75) is 39.3 Å². The van der Waals surface area contributed by atoms with Gasteiger partial charge in [-0.25, -0.2) is 0 Å². The molecular formula is C17H35IN4O2. The van der Waals surface area contributed by atoms with Gasteiger partial charge in [-0.1, -0.05) is 0 Å². The number of aliphatic imine (C=N–C) groups is 1. The molecule has 3 atom stereocenters. The number of likely N-dealkylation sites (tertiary alicyclic amines) is 1. The van der Waals surface area contributed by atoms with E-state index in [0.29, 0.717) is 18.0 Å². The summed E-state index contributed by atoms with van der Waals surface area (Å²) in [6.45, 7) is 14.0. The summed E-state index contributed by atoms with van der Waals surface area (Å²) in [6.07, 6.45) is 1.19. The highest BCUT2D eigenvalue weighted by Crippen LogP contribution is 2.17. The summed E-state index contributed by atoms with van der Waals surface area (Å²) in [5.74, 6) is 1.65. The molecule has 0 aromatic heterocycles. The van der Waals surface area contributed by atoms with E-state index in [9.17, 15) is 0 Å². The Balaban J connectivity index is 0.00000288. The van der Waals surface area contributed by atoms with Gasteiger partial charge in [-0.3, -0.25) is 9.89 Å². The molecule has 7 heteroatoms. The maximum Gasteiger partial charge on any atom is 0.193 e. The first-order chi connectivity index (χ1) is 11.2. The van der Waals surface area contributed by atoms with Crippen molar-refractivity contribution in [1.82, 2.24) is 15.1 Å². The van der Waals surface area contributed by atoms with E-state index in [-0.39, 0.29) is 24.0 Å². The van der Waals surface area contributed by atoms with Gasteiger partial charge in [-0.2, -0.15) is 0 Å². The fourth-order valence-corrected chi connectivity index (χ4v) is 3.53. The second-order valence-electron chi connectivity index (χ2n) is 6.70. The average Bonchev–Trinajstić information content (AvgIpc) is 3.02. The van der Waals surface area contributed by atoms with Crippen molar-refractivity contribution < 1.29 is 9.47 Å². The first-order valence-electron chi connectivity index (χ1n) is 9.02. The molecule has 0 radical (unpaired) electrons. The van der Waals surface area contributed by atoms with E-state index in [1.165, 1.54) is 6.42 Å². The Bertz CT molecular complexity index is 384. The monoisotopic (exact) mass is 454 g/mol. The lowest BCUT2D eigenvalue weighted by Gasteiger charge is -2.38. The number of guanidine groups is 1. The van der Waals surface area contributed by atoms with E-state index in [4.69, 9.17) is 9.47 Å². The number of morpholine rings is 1. The van der Waals surface area contributed by atoms with Crippen LogP contribution in [0.5, 0.6) is 0 Å². The lowest BCUT2D eigenvalue weighted by atomic mass is 10.1. The summed E-state index contributed by atoms with van der Waals surface area (Å²) >= 11 is 0. The van der Waals surface area contributed by atoms with Crippen LogP contribution in [0.2, 0.25) is 0 Å². The van der Waals surface area contributed by atoms with Gasteiger partial charge in [-0.05, 0) is 27.2 Å². The molecule has 0 bridgehead atoms. The predicted octanol–water partition coefficient (Wildman–Crippen LogP) is 1.65. The summed E-state index contributed by atoms with van der Waals surface area (Å²) in [7, 11) is 1.88. The third kappa shape index (κ3) is 6.31. The Morgan fingerprint density at radius 2 is 2.21 bits per heavy atom. The molecule has 0 saturated carbocycles. The van der Waals surface area contributed by atoms with E-state index in [2.05, 4.69) is 40.9 Å². The second-order valence-corrected chi connectivity index (χ2v) is 6.70. The van der Waals surface area contributed by atoms with Gasteiger partial charge in [0.15, 0.2) is 5.96 Å². The molecule has 2 heterocycles. The van der Waals surface area contributed by atoms with Crippen LogP contribution in [-0.2, 0) is 9.47 Å². The molecule has 2 rings (SSSR count). The van der Waals surface area contributed by atoms with Crippen LogP contribution in [0.1, 0.15) is 27.2 Å². The molecule has 2 fully saturated rings. The summed E-state index contributed by atoms with van der Waals surface area (Å²) in [6, 6.07) is 0.970. The molecule has 6 nitrogen and oxygen atoms in total. The van der Waals surface area contributed by atoms with Crippen molar-refractivity contribution >= 4 is 29.9 Å². The van der Waals surface area contributed by atoms with Gasteiger partial charge >= 0.3 is 0 Å². The van der Waals surface area contributed by atoms with Crippen molar-refractivity contribution in [3.05, 3.63) is 0 Å². The number of nitrogens with one attached hydrogen (secondary N) is 1. The van der Waals surface area contributed by atoms with Crippen LogP contribution in [0.25, 0.3) is 0 Å². The minimum absolute atomic E-state index is 0. The summed E-state index contributed by atoms with van der Waals surface area (Å²) in [5.41, 5.74) is 0. The van der Waals surface area contributed by atoms with Crippen LogP contribution in [-0.4, -0.2) is 87.5 Å². The zero-order chi connectivity index (χ0) is 16.7. The van der Waals surface area contributed by atoms with Crippen molar-refractivity contribution in [2.24, 2.45) is 10.9 Å². The van der Waals surface area contributed by atoms with Crippen molar-refractivity contribution in [2.75, 3.05) is 59.7 Å². The third-order valence-electron chi connectivity index (χ3n) is 4.90. The van der Waals surface area contributed by atoms with Gasteiger partial charge in [0.2, 0.25) is 0 Å². The van der Waals surface area contributed by atoms with Crippen molar-refractivity contribution in [1.29, 1.82) is 0 Å². The highest BCUT2D eigenvalue weighted by atomic mass is 127. The zero-order valence-corrected chi connectivity index (χ0v) is 18.0. The Labute approximate surface area is 164 Å². The fourth-order valence-electron chi connectivity index (χ4n) is 3.53. The van der Waals surface area contributed by atoms with Crippen LogP contribution in [0.3, 0.4) is 0 Å². The smallest absolute Gasteiger partial charge is 0.193 e. The minimum atomic E-state index is 0. The van der Waals surface area contributed by atoms with Gasteiger partial charge in [-0.15, -0.1) is 24.0 Å². The van der Waals surface area contributed by atoms with Crippen molar-refractivity contribution in [3.8, 4) is 0 Å². The molecule has 2 aliphatic rings. The third-order valence-corrected chi connectivity index (χ3v) is 4.90. The van der Waals surface area contributed by atoms with Crippen LogP contribution in [0.15, 0.2) is 4.99 Å². The molecule has 0 aromatic carbocycles.